The number of halogens is 1. The Bertz CT molecular complexity index is 150. The lowest BCUT2D eigenvalue weighted by Crippen LogP contribution is -2.28. The van der Waals surface area contributed by atoms with Crippen LogP contribution in [0.3, 0.4) is 0 Å². The normalized spacial score (nSPS) is 30.9. The summed E-state index contributed by atoms with van der Waals surface area (Å²) in [6.07, 6.45) is 2.68. The van der Waals surface area contributed by atoms with E-state index in [1.54, 1.807) is 0 Å². The van der Waals surface area contributed by atoms with Gasteiger partial charge in [0.05, 0.1) is 0 Å². The van der Waals surface area contributed by atoms with Crippen LogP contribution in [0.25, 0.3) is 0 Å². The van der Waals surface area contributed by atoms with E-state index in [1.165, 1.54) is 37.8 Å². The van der Waals surface area contributed by atoms with E-state index >= 15 is 0 Å². The highest BCUT2D eigenvalue weighted by atomic mass is 79.9. The molecule has 3 atom stereocenters. The van der Waals surface area contributed by atoms with Crippen LogP contribution in [-0.2, 0) is 0 Å². The van der Waals surface area contributed by atoms with Crippen LogP contribution in [0.1, 0.15) is 33.6 Å². The first kappa shape index (κ1) is 12.5. The highest BCUT2D eigenvalue weighted by Crippen LogP contribution is 2.24. The van der Waals surface area contributed by atoms with Crippen molar-refractivity contribution in [3.8, 4) is 0 Å². The van der Waals surface area contributed by atoms with Gasteiger partial charge in [0.15, 0.2) is 0 Å². The van der Waals surface area contributed by atoms with Gasteiger partial charge in [-0.25, -0.2) is 0 Å². The summed E-state index contributed by atoms with van der Waals surface area (Å²) in [6.45, 7) is 11.0. The first-order chi connectivity index (χ1) is 6.67. The molecule has 3 unspecified atom stereocenters. The van der Waals surface area contributed by atoms with Crippen LogP contribution in [-0.4, -0.2) is 29.9 Å². The molecule has 0 N–H and O–H groups in total. The Balaban J connectivity index is 2.29. The number of rotatable bonds is 5. The molecule has 1 saturated heterocycles. The smallest absolute Gasteiger partial charge is 0.00718 e. The zero-order valence-electron chi connectivity index (χ0n) is 9.80. The van der Waals surface area contributed by atoms with E-state index in [2.05, 4.69) is 41.6 Å². The maximum atomic E-state index is 3.63. The summed E-state index contributed by atoms with van der Waals surface area (Å²) < 4.78 is 0. The third-order valence-electron chi connectivity index (χ3n) is 3.50. The molecule has 0 bridgehead atoms. The van der Waals surface area contributed by atoms with Crippen LogP contribution in [0.4, 0.5) is 0 Å². The minimum atomic E-state index is 0.859. The molecule has 0 aromatic carbocycles. The molecule has 14 heavy (non-hydrogen) atoms. The molecule has 2 heteroatoms. The molecular weight excluding hydrogens is 238 g/mol. The van der Waals surface area contributed by atoms with Crippen molar-refractivity contribution in [1.29, 1.82) is 0 Å². The van der Waals surface area contributed by atoms with E-state index < -0.39 is 0 Å². The molecule has 1 heterocycles. The lowest BCUT2D eigenvalue weighted by Gasteiger charge is -2.21. The first-order valence-corrected chi connectivity index (χ1v) is 7.07. The van der Waals surface area contributed by atoms with E-state index in [-0.39, 0.29) is 0 Å². The zero-order valence-corrected chi connectivity index (χ0v) is 11.4. The fraction of sp³-hybridized carbons (Fsp3) is 1.00. The Morgan fingerprint density at radius 3 is 2.29 bits per heavy atom. The van der Waals surface area contributed by atoms with Crippen LogP contribution in [0.2, 0.25) is 0 Å². The minimum Gasteiger partial charge on any atom is -0.302 e. The summed E-state index contributed by atoms with van der Waals surface area (Å²) in [6, 6.07) is 0. The molecular formula is C12H24BrN. The van der Waals surface area contributed by atoms with Gasteiger partial charge < -0.3 is 4.90 Å². The summed E-state index contributed by atoms with van der Waals surface area (Å²) in [5.74, 6) is 2.65. The van der Waals surface area contributed by atoms with E-state index in [0.717, 1.165) is 17.8 Å². The molecule has 0 aromatic rings. The van der Waals surface area contributed by atoms with Crippen molar-refractivity contribution in [3.63, 3.8) is 0 Å². The number of hydrogen-bond acceptors (Lipinski definition) is 1. The van der Waals surface area contributed by atoms with Crippen molar-refractivity contribution in [2.24, 2.45) is 17.8 Å². The van der Waals surface area contributed by atoms with Gasteiger partial charge >= 0.3 is 0 Å². The van der Waals surface area contributed by atoms with Crippen LogP contribution < -0.4 is 0 Å². The molecule has 0 spiro atoms. The average molecular weight is 262 g/mol. The first-order valence-electron chi connectivity index (χ1n) is 5.95. The number of alkyl halides is 1. The second kappa shape index (κ2) is 6.12. The summed E-state index contributed by atoms with van der Waals surface area (Å²) in [5.41, 5.74) is 0. The lowest BCUT2D eigenvalue weighted by molar-refractivity contribution is 0.272. The summed E-state index contributed by atoms with van der Waals surface area (Å²) >= 11 is 3.63. The van der Waals surface area contributed by atoms with Crippen LogP contribution in [0.15, 0.2) is 0 Å². The van der Waals surface area contributed by atoms with Gasteiger partial charge in [-0.1, -0.05) is 43.1 Å². The molecule has 84 valence electrons. The van der Waals surface area contributed by atoms with Gasteiger partial charge in [0.1, 0.15) is 0 Å². The zero-order chi connectivity index (χ0) is 10.6. The van der Waals surface area contributed by atoms with Gasteiger partial charge in [0.2, 0.25) is 0 Å². The quantitative estimate of drug-likeness (QED) is 0.686. The van der Waals surface area contributed by atoms with Gasteiger partial charge in [0.25, 0.3) is 0 Å². The van der Waals surface area contributed by atoms with Crippen LogP contribution in [0, 0.1) is 17.8 Å². The van der Waals surface area contributed by atoms with E-state index in [4.69, 9.17) is 0 Å². The van der Waals surface area contributed by atoms with E-state index in [1.807, 2.05) is 0 Å². The summed E-state index contributed by atoms with van der Waals surface area (Å²) in [4.78, 5) is 2.65. The molecule has 1 aliphatic rings. The van der Waals surface area contributed by atoms with Crippen molar-refractivity contribution in [3.05, 3.63) is 0 Å². The Morgan fingerprint density at radius 2 is 1.86 bits per heavy atom. The maximum absolute atomic E-state index is 3.63. The van der Waals surface area contributed by atoms with E-state index in [9.17, 15) is 0 Å². The Hall–Kier alpha value is 0.440. The summed E-state index contributed by atoms with van der Waals surface area (Å²) in [7, 11) is 0. The maximum Gasteiger partial charge on any atom is 0.00718 e. The van der Waals surface area contributed by atoms with Crippen molar-refractivity contribution >= 4 is 15.9 Å². The average Bonchev–Trinajstić information content (AvgIpc) is 2.45. The SMILES string of the molecule is CCCC(CBr)CN1CC(C)C(C)C1. The Labute approximate surface area is 97.4 Å². The lowest BCUT2D eigenvalue weighted by atomic mass is 10.0. The largest absolute Gasteiger partial charge is 0.302 e. The van der Waals surface area contributed by atoms with Gasteiger partial charge in [-0.2, -0.15) is 0 Å². The second-order valence-corrected chi connectivity index (χ2v) is 5.63. The molecule has 1 nitrogen and oxygen atoms in total. The molecule has 1 rings (SSSR count). The Kier molecular flexibility index (Phi) is 5.47. The van der Waals surface area contributed by atoms with E-state index in [0.29, 0.717) is 0 Å². The van der Waals surface area contributed by atoms with Gasteiger partial charge in [-0.3, -0.25) is 0 Å². The third-order valence-corrected chi connectivity index (χ3v) is 4.41. The van der Waals surface area contributed by atoms with Gasteiger partial charge in [0, 0.05) is 25.0 Å². The number of nitrogens with zero attached hydrogens (tertiary/aromatic N) is 1. The van der Waals surface area contributed by atoms with Crippen molar-refractivity contribution in [2.75, 3.05) is 25.0 Å². The molecule has 1 fully saturated rings. The minimum absolute atomic E-state index is 0.859. The molecule has 0 aliphatic carbocycles. The fourth-order valence-electron chi connectivity index (χ4n) is 2.39. The van der Waals surface area contributed by atoms with Crippen molar-refractivity contribution < 1.29 is 0 Å². The second-order valence-electron chi connectivity index (χ2n) is 4.98. The topological polar surface area (TPSA) is 3.24 Å². The molecule has 0 amide bonds. The monoisotopic (exact) mass is 261 g/mol. The van der Waals surface area contributed by atoms with Gasteiger partial charge in [-0.05, 0) is 24.2 Å². The van der Waals surface area contributed by atoms with Crippen LogP contribution in [0.5, 0.6) is 0 Å². The molecule has 0 aromatic heterocycles. The highest BCUT2D eigenvalue weighted by molar-refractivity contribution is 9.09. The van der Waals surface area contributed by atoms with Gasteiger partial charge in [-0.15, -0.1) is 0 Å². The van der Waals surface area contributed by atoms with Crippen molar-refractivity contribution in [1.82, 2.24) is 4.90 Å². The fourth-order valence-corrected chi connectivity index (χ4v) is 2.92. The third kappa shape index (κ3) is 3.54. The molecule has 0 radical (unpaired) electrons. The number of hydrogen-bond donors (Lipinski definition) is 0. The Morgan fingerprint density at radius 1 is 1.29 bits per heavy atom. The summed E-state index contributed by atoms with van der Waals surface area (Å²) in [5, 5.41) is 1.17. The number of likely N-dealkylation sites (tertiary alicyclic amines) is 1. The standard InChI is InChI=1S/C12H24BrN/c1-4-5-12(6-13)9-14-7-10(2)11(3)8-14/h10-12H,4-9H2,1-3H3. The van der Waals surface area contributed by atoms with Crippen LogP contribution >= 0.6 is 15.9 Å². The predicted molar refractivity (Wildman–Crippen MR) is 67.0 cm³/mol. The highest BCUT2D eigenvalue weighted by Gasteiger charge is 2.26. The molecule has 0 saturated carbocycles. The predicted octanol–water partition coefficient (Wildman–Crippen LogP) is 3.39. The molecule has 1 aliphatic heterocycles. The van der Waals surface area contributed by atoms with Crippen molar-refractivity contribution in [2.45, 2.75) is 33.6 Å².